The van der Waals surface area contributed by atoms with Crippen molar-refractivity contribution >= 4 is 0 Å². The molecular formula is C14H16O. The van der Waals surface area contributed by atoms with Gasteiger partial charge < -0.3 is 4.74 Å². The molecule has 1 aromatic carbocycles. The number of hydrogen-bond acceptors (Lipinski definition) is 1. The predicted molar refractivity (Wildman–Crippen MR) is 64.8 cm³/mol. The molecule has 0 fully saturated rings. The lowest BCUT2D eigenvalue weighted by Gasteiger charge is -2.04. The molecule has 0 heterocycles. The maximum atomic E-state index is 5.49. The number of ether oxygens (including phenoxy) is 1. The molecule has 15 heavy (non-hydrogen) atoms. The van der Waals surface area contributed by atoms with Crippen molar-refractivity contribution in [1.29, 1.82) is 0 Å². The highest BCUT2D eigenvalue weighted by atomic mass is 16.5. The van der Waals surface area contributed by atoms with Gasteiger partial charge in [-0.25, -0.2) is 0 Å². The summed E-state index contributed by atoms with van der Waals surface area (Å²) in [6.07, 6.45) is 4.69. The molecule has 0 aliphatic carbocycles. The first kappa shape index (κ1) is 11.3. The molecule has 0 spiro atoms. The molecule has 0 aliphatic heterocycles. The topological polar surface area (TPSA) is 9.23 Å². The van der Waals surface area contributed by atoms with Crippen LogP contribution in [0.2, 0.25) is 0 Å². The molecule has 0 aromatic heterocycles. The van der Waals surface area contributed by atoms with E-state index in [0.29, 0.717) is 5.76 Å². The number of para-hydroxylation sites is 1. The van der Waals surface area contributed by atoms with Crippen LogP contribution in [0.5, 0.6) is 5.75 Å². The van der Waals surface area contributed by atoms with E-state index in [1.807, 2.05) is 42.5 Å². The van der Waals surface area contributed by atoms with Crippen molar-refractivity contribution in [3.8, 4) is 5.75 Å². The summed E-state index contributed by atoms with van der Waals surface area (Å²) in [5.74, 6) is 1.42. The van der Waals surface area contributed by atoms with Crippen molar-refractivity contribution in [1.82, 2.24) is 0 Å². The second kappa shape index (κ2) is 5.86. The van der Waals surface area contributed by atoms with Crippen LogP contribution in [0.3, 0.4) is 0 Å². The van der Waals surface area contributed by atoms with E-state index in [2.05, 4.69) is 20.1 Å². The van der Waals surface area contributed by atoms with Crippen molar-refractivity contribution in [2.75, 3.05) is 0 Å². The molecule has 0 atom stereocenters. The fraction of sp³-hybridized carbons (Fsp3) is 0.143. The van der Waals surface area contributed by atoms with Gasteiger partial charge in [0, 0.05) is 0 Å². The molecule has 1 heteroatoms. The zero-order valence-electron chi connectivity index (χ0n) is 9.07. The van der Waals surface area contributed by atoms with E-state index >= 15 is 0 Å². The highest BCUT2D eigenvalue weighted by Gasteiger charge is 1.92. The standard InChI is InChI=1S/C14H16O/c1-4-12(2)10-11-13(3)15-14-8-6-5-7-9-14/h5-11H,2-4H2,1H3/b11-10-. The van der Waals surface area contributed by atoms with Gasteiger partial charge in [-0.2, -0.15) is 0 Å². The summed E-state index contributed by atoms with van der Waals surface area (Å²) in [4.78, 5) is 0. The normalized spacial score (nSPS) is 10.2. The van der Waals surface area contributed by atoms with Crippen molar-refractivity contribution in [3.63, 3.8) is 0 Å². The van der Waals surface area contributed by atoms with Crippen LogP contribution in [-0.2, 0) is 0 Å². The van der Waals surface area contributed by atoms with E-state index in [4.69, 9.17) is 4.74 Å². The van der Waals surface area contributed by atoms with Crippen LogP contribution in [0.15, 0.2) is 67.0 Å². The minimum atomic E-state index is 0.621. The fourth-order valence-corrected chi connectivity index (χ4v) is 1.00. The zero-order valence-corrected chi connectivity index (χ0v) is 9.07. The average molecular weight is 200 g/mol. The minimum absolute atomic E-state index is 0.621. The van der Waals surface area contributed by atoms with E-state index in [-0.39, 0.29) is 0 Å². The highest BCUT2D eigenvalue weighted by Crippen LogP contribution is 2.12. The smallest absolute Gasteiger partial charge is 0.127 e. The van der Waals surface area contributed by atoms with Crippen molar-refractivity contribution < 1.29 is 4.74 Å². The third-order valence-electron chi connectivity index (χ3n) is 1.95. The Morgan fingerprint density at radius 1 is 1.20 bits per heavy atom. The van der Waals surface area contributed by atoms with Gasteiger partial charge in [-0.05, 0) is 24.6 Å². The Balaban J connectivity index is 2.50. The summed E-state index contributed by atoms with van der Waals surface area (Å²) in [7, 11) is 0. The van der Waals surface area contributed by atoms with E-state index in [0.717, 1.165) is 17.7 Å². The first-order valence-electron chi connectivity index (χ1n) is 5.00. The maximum absolute atomic E-state index is 5.49. The molecule has 0 radical (unpaired) electrons. The molecule has 0 aliphatic rings. The Kier molecular flexibility index (Phi) is 4.42. The lowest BCUT2D eigenvalue weighted by Crippen LogP contribution is -1.89. The molecule has 0 unspecified atom stereocenters. The van der Waals surface area contributed by atoms with Crippen LogP contribution in [0.25, 0.3) is 0 Å². The number of hydrogen-bond donors (Lipinski definition) is 0. The van der Waals surface area contributed by atoms with Gasteiger partial charge in [-0.15, -0.1) is 0 Å². The van der Waals surface area contributed by atoms with Gasteiger partial charge in [0.15, 0.2) is 0 Å². The third kappa shape index (κ3) is 4.32. The Morgan fingerprint density at radius 2 is 1.87 bits per heavy atom. The Morgan fingerprint density at radius 3 is 2.47 bits per heavy atom. The van der Waals surface area contributed by atoms with Crippen LogP contribution in [-0.4, -0.2) is 0 Å². The number of benzene rings is 1. The van der Waals surface area contributed by atoms with Crippen LogP contribution in [0, 0.1) is 0 Å². The molecule has 1 aromatic rings. The van der Waals surface area contributed by atoms with Crippen LogP contribution in [0.4, 0.5) is 0 Å². The fourth-order valence-electron chi connectivity index (χ4n) is 1.00. The summed E-state index contributed by atoms with van der Waals surface area (Å²) in [6.45, 7) is 9.74. The van der Waals surface area contributed by atoms with Crippen LogP contribution in [0.1, 0.15) is 13.3 Å². The molecular weight excluding hydrogens is 184 g/mol. The molecule has 0 amide bonds. The van der Waals surface area contributed by atoms with Crippen molar-refractivity contribution in [2.45, 2.75) is 13.3 Å². The summed E-state index contributed by atoms with van der Waals surface area (Å²) >= 11 is 0. The first-order valence-corrected chi connectivity index (χ1v) is 5.00. The van der Waals surface area contributed by atoms with Gasteiger partial charge in [0.25, 0.3) is 0 Å². The maximum Gasteiger partial charge on any atom is 0.127 e. The van der Waals surface area contributed by atoms with E-state index in [1.165, 1.54) is 0 Å². The summed E-state index contributed by atoms with van der Waals surface area (Å²) in [5.41, 5.74) is 1.06. The highest BCUT2D eigenvalue weighted by molar-refractivity contribution is 5.27. The summed E-state index contributed by atoms with van der Waals surface area (Å²) in [5, 5.41) is 0. The van der Waals surface area contributed by atoms with Crippen LogP contribution < -0.4 is 4.74 Å². The molecule has 1 rings (SSSR count). The monoisotopic (exact) mass is 200 g/mol. The quantitative estimate of drug-likeness (QED) is 0.513. The van der Waals surface area contributed by atoms with Crippen molar-refractivity contribution in [2.24, 2.45) is 0 Å². The predicted octanol–water partition coefficient (Wildman–Crippen LogP) is 4.10. The second-order valence-corrected chi connectivity index (χ2v) is 3.23. The molecule has 0 saturated heterocycles. The van der Waals surface area contributed by atoms with Gasteiger partial charge in [0.1, 0.15) is 11.5 Å². The Labute approximate surface area is 91.4 Å². The SMILES string of the molecule is C=C(/C=C\C(=C)Oc1ccccc1)CC. The van der Waals surface area contributed by atoms with Crippen molar-refractivity contribution in [3.05, 3.63) is 67.0 Å². The van der Waals surface area contributed by atoms with E-state index in [1.54, 1.807) is 0 Å². The Hall–Kier alpha value is -1.76. The van der Waals surface area contributed by atoms with Gasteiger partial charge >= 0.3 is 0 Å². The molecule has 0 saturated carbocycles. The van der Waals surface area contributed by atoms with E-state index in [9.17, 15) is 0 Å². The van der Waals surface area contributed by atoms with Gasteiger partial charge in [-0.1, -0.05) is 49.9 Å². The molecule has 78 valence electrons. The molecule has 0 bridgehead atoms. The number of allylic oxidation sites excluding steroid dienone is 3. The van der Waals surface area contributed by atoms with Gasteiger partial charge in [0.05, 0.1) is 0 Å². The molecule has 0 N–H and O–H groups in total. The first-order chi connectivity index (χ1) is 7.22. The Bertz CT molecular complexity index is 360. The molecule has 1 nitrogen and oxygen atoms in total. The summed E-state index contributed by atoms with van der Waals surface area (Å²) in [6, 6.07) is 9.60. The third-order valence-corrected chi connectivity index (χ3v) is 1.95. The van der Waals surface area contributed by atoms with Gasteiger partial charge in [0.2, 0.25) is 0 Å². The lowest BCUT2D eigenvalue weighted by atomic mass is 10.2. The lowest BCUT2D eigenvalue weighted by molar-refractivity contribution is 0.447. The van der Waals surface area contributed by atoms with Crippen LogP contribution >= 0.6 is 0 Å². The average Bonchev–Trinajstić information content (AvgIpc) is 2.27. The van der Waals surface area contributed by atoms with Gasteiger partial charge in [-0.3, -0.25) is 0 Å². The second-order valence-electron chi connectivity index (χ2n) is 3.23. The number of rotatable bonds is 5. The summed E-state index contributed by atoms with van der Waals surface area (Å²) < 4.78 is 5.49. The van der Waals surface area contributed by atoms with E-state index < -0.39 is 0 Å². The zero-order chi connectivity index (χ0) is 11.1. The largest absolute Gasteiger partial charge is 0.458 e. The minimum Gasteiger partial charge on any atom is -0.458 e.